The first-order valence-corrected chi connectivity index (χ1v) is 6.12. The monoisotopic (exact) mass is 196 g/mol. The standard InChI is InChI=1S/C13H24O/c1-3-11-9-7-5-6-8-10-12(11)13(14)4-2/h3,12-14H,4-10H2,1-2H3/b11-3-. The van der Waals surface area contributed by atoms with Crippen LogP contribution in [0.4, 0.5) is 0 Å². The van der Waals surface area contributed by atoms with Gasteiger partial charge in [0.05, 0.1) is 6.10 Å². The molecule has 2 atom stereocenters. The highest BCUT2D eigenvalue weighted by molar-refractivity contribution is 5.08. The molecule has 1 aliphatic rings. The van der Waals surface area contributed by atoms with Crippen molar-refractivity contribution in [3.8, 4) is 0 Å². The van der Waals surface area contributed by atoms with E-state index in [0.29, 0.717) is 5.92 Å². The molecule has 1 nitrogen and oxygen atoms in total. The van der Waals surface area contributed by atoms with Crippen LogP contribution in [0.15, 0.2) is 11.6 Å². The Bertz CT molecular complexity index is 184. The van der Waals surface area contributed by atoms with E-state index >= 15 is 0 Å². The van der Waals surface area contributed by atoms with Crippen molar-refractivity contribution in [3.63, 3.8) is 0 Å². The number of aliphatic hydroxyl groups is 1. The molecule has 14 heavy (non-hydrogen) atoms. The molecule has 1 N–H and O–H groups in total. The van der Waals surface area contributed by atoms with E-state index in [4.69, 9.17) is 0 Å². The van der Waals surface area contributed by atoms with E-state index in [1.165, 1.54) is 44.1 Å². The average Bonchev–Trinajstić information content (AvgIpc) is 2.17. The van der Waals surface area contributed by atoms with Crippen LogP contribution in [0.25, 0.3) is 0 Å². The molecule has 0 aromatic carbocycles. The summed E-state index contributed by atoms with van der Waals surface area (Å²) in [5.74, 6) is 0.449. The summed E-state index contributed by atoms with van der Waals surface area (Å²) in [6.07, 6.45) is 10.7. The number of hydrogen-bond acceptors (Lipinski definition) is 1. The fourth-order valence-corrected chi connectivity index (χ4v) is 2.50. The van der Waals surface area contributed by atoms with Crippen molar-refractivity contribution in [2.24, 2.45) is 5.92 Å². The summed E-state index contributed by atoms with van der Waals surface area (Å²) < 4.78 is 0. The average molecular weight is 196 g/mol. The summed E-state index contributed by atoms with van der Waals surface area (Å²) in [4.78, 5) is 0. The van der Waals surface area contributed by atoms with Crippen molar-refractivity contribution in [1.82, 2.24) is 0 Å². The quantitative estimate of drug-likeness (QED) is 0.668. The minimum atomic E-state index is -0.112. The largest absolute Gasteiger partial charge is 0.393 e. The second-order valence-electron chi connectivity index (χ2n) is 4.40. The molecular formula is C13H24O. The second-order valence-corrected chi connectivity index (χ2v) is 4.40. The van der Waals surface area contributed by atoms with Crippen LogP contribution in [0.1, 0.15) is 58.8 Å². The minimum absolute atomic E-state index is 0.112. The van der Waals surface area contributed by atoms with Gasteiger partial charge in [-0.2, -0.15) is 0 Å². The zero-order valence-corrected chi connectivity index (χ0v) is 9.63. The SMILES string of the molecule is C/C=C1/CCCCCCC1C(O)CC. The highest BCUT2D eigenvalue weighted by Crippen LogP contribution is 2.30. The van der Waals surface area contributed by atoms with Crippen molar-refractivity contribution in [2.45, 2.75) is 64.9 Å². The number of allylic oxidation sites excluding steroid dienone is 1. The summed E-state index contributed by atoms with van der Waals surface area (Å²) in [5.41, 5.74) is 1.50. The van der Waals surface area contributed by atoms with E-state index in [9.17, 15) is 5.11 Å². The molecule has 1 fully saturated rings. The van der Waals surface area contributed by atoms with Gasteiger partial charge in [-0.3, -0.25) is 0 Å². The fraction of sp³-hybridized carbons (Fsp3) is 0.846. The van der Waals surface area contributed by atoms with E-state index in [1.807, 2.05) is 0 Å². The lowest BCUT2D eigenvalue weighted by molar-refractivity contribution is 0.111. The summed E-state index contributed by atoms with van der Waals surface area (Å²) in [6, 6.07) is 0. The van der Waals surface area contributed by atoms with E-state index in [0.717, 1.165) is 6.42 Å². The van der Waals surface area contributed by atoms with Crippen LogP contribution in [0.5, 0.6) is 0 Å². The first-order chi connectivity index (χ1) is 6.79. The summed E-state index contributed by atoms with van der Waals surface area (Å²) in [6.45, 7) is 4.20. The third kappa shape index (κ3) is 3.13. The van der Waals surface area contributed by atoms with Gasteiger partial charge in [0, 0.05) is 5.92 Å². The Morgan fingerprint density at radius 1 is 1.36 bits per heavy atom. The highest BCUT2D eigenvalue weighted by atomic mass is 16.3. The minimum Gasteiger partial charge on any atom is -0.393 e. The molecule has 0 aromatic rings. The third-order valence-corrected chi connectivity index (χ3v) is 3.46. The first kappa shape index (κ1) is 11.8. The zero-order valence-electron chi connectivity index (χ0n) is 9.63. The molecule has 0 spiro atoms. The Labute approximate surface area is 88.2 Å². The molecule has 1 saturated carbocycles. The molecular weight excluding hydrogens is 172 g/mol. The number of hydrogen-bond donors (Lipinski definition) is 1. The van der Waals surface area contributed by atoms with Crippen LogP contribution in [0.3, 0.4) is 0 Å². The van der Waals surface area contributed by atoms with Gasteiger partial charge >= 0.3 is 0 Å². The van der Waals surface area contributed by atoms with E-state index in [1.54, 1.807) is 0 Å². The molecule has 0 aliphatic heterocycles. The second kappa shape index (κ2) is 6.23. The van der Waals surface area contributed by atoms with Crippen molar-refractivity contribution in [3.05, 3.63) is 11.6 Å². The predicted octanol–water partition coefficient (Wildman–Crippen LogP) is 3.67. The Hall–Kier alpha value is -0.300. The van der Waals surface area contributed by atoms with Crippen molar-refractivity contribution in [1.29, 1.82) is 0 Å². The lowest BCUT2D eigenvalue weighted by atomic mass is 9.82. The smallest absolute Gasteiger partial charge is 0.0602 e. The molecule has 0 radical (unpaired) electrons. The van der Waals surface area contributed by atoms with Gasteiger partial charge in [-0.25, -0.2) is 0 Å². The third-order valence-electron chi connectivity index (χ3n) is 3.46. The Morgan fingerprint density at radius 2 is 2.07 bits per heavy atom. The molecule has 1 aliphatic carbocycles. The summed E-state index contributed by atoms with van der Waals surface area (Å²) >= 11 is 0. The first-order valence-electron chi connectivity index (χ1n) is 6.12. The predicted molar refractivity (Wildman–Crippen MR) is 61.2 cm³/mol. The van der Waals surface area contributed by atoms with Gasteiger partial charge in [0.15, 0.2) is 0 Å². The van der Waals surface area contributed by atoms with Crippen LogP contribution in [0.2, 0.25) is 0 Å². The normalized spacial score (nSPS) is 29.6. The van der Waals surface area contributed by atoms with Crippen LogP contribution in [-0.2, 0) is 0 Å². The number of aliphatic hydroxyl groups excluding tert-OH is 1. The van der Waals surface area contributed by atoms with Gasteiger partial charge in [0.2, 0.25) is 0 Å². The molecule has 82 valence electrons. The van der Waals surface area contributed by atoms with E-state index < -0.39 is 0 Å². The highest BCUT2D eigenvalue weighted by Gasteiger charge is 2.21. The van der Waals surface area contributed by atoms with Gasteiger partial charge in [0.25, 0.3) is 0 Å². The Morgan fingerprint density at radius 3 is 2.71 bits per heavy atom. The van der Waals surface area contributed by atoms with Crippen LogP contribution in [0, 0.1) is 5.92 Å². The van der Waals surface area contributed by atoms with Gasteiger partial charge in [-0.15, -0.1) is 0 Å². The summed E-state index contributed by atoms with van der Waals surface area (Å²) in [5, 5.41) is 9.96. The van der Waals surface area contributed by atoms with Crippen molar-refractivity contribution < 1.29 is 5.11 Å². The zero-order chi connectivity index (χ0) is 10.4. The molecule has 2 unspecified atom stereocenters. The van der Waals surface area contributed by atoms with Crippen molar-refractivity contribution >= 4 is 0 Å². The topological polar surface area (TPSA) is 20.2 Å². The van der Waals surface area contributed by atoms with Crippen LogP contribution in [-0.4, -0.2) is 11.2 Å². The van der Waals surface area contributed by atoms with Crippen LogP contribution < -0.4 is 0 Å². The maximum atomic E-state index is 9.96. The molecule has 0 saturated heterocycles. The van der Waals surface area contributed by atoms with E-state index in [2.05, 4.69) is 19.9 Å². The molecule has 0 aromatic heterocycles. The molecule has 1 rings (SSSR count). The van der Waals surface area contributed by atoms with Gasteiger partial charge in [-0.05, 0) is 32.6 Å². The lowest BCUT2D eigenvalue weighted by Gasteiger charge is -2.27. The van der Waals surface area contributed by atoms with Crippen LogP contribution >= 0.6 is 0 Å². The van der Waals surface area contributed by atoms with Gasteiger partial charge in [0.1, 0.15) is 0 Å². The maximum Gasteiger partial charge on any atom is 0.0602 e. The van der Waals surface area contributed by atoms with E-state index in [-0.39, 0.29) is 6.10 Å². The molecule has 0 amide bonds. The molecule has 0 heterocycles. The van der Waals surface area contributed by atoms with Gasteiger partial charge < -0.3 is 5.11 Å². The van der Waals surface area contributed by atoms with Crippen molar-refractivity contribution in [2.75, 3.05) is 0 Å². The Kier molecular flexibility index (Phi) is 5.24. The molecule has 1 heteroatoms. The fourth-order valence-electron chi connectivity index (χ4n) is 2.50. The molecule has 0 bridgehead atoms. The van der Waals surface area contributed by atoms with Gasteiger partial charge in [-0.1, -0.05) is 37.8 Å². The summed E-state index contributed by atoms with van der Waals surface area (Å²) in [7, 11) is 0. The lowest BCUT2D eigenvalue weighted by Crippen LogP contribution is -2.22. The Balaban J connectivity index is 2.63. The number of rotatable bonds is 2. The maximum absolute atomic E-state index is 9.96.